The number of nitrogens with zero attached hydrogens (tertiary/aromatic N) is 3. The average molecular weight is 352 g/mol. The van der Waals surface area contributed by atoms with E-state index in [1.165, 1.54) is 0 Å². The summed E-state index contributed by atoms with van der Waals surface area (Å²) in [4.78, 5) is 0. The molecule has 0 aliphatic heterocycles. The molecule has 3 aromatic rings. The summed E-state index contributed by atoms with van der Waals surface area (Å²) < 4.78 is 7.82. The molecular formula is C19H20N4OS. The fraction of sp³-hybridized carbons (Fsp3) is 0.211. The van der Waals surface area contributed by atoms with Crippen molar-refractivity contribution in [3.05, 3.63) is 64.9 Å². The molecule has 1 heterocycles. The Morgan fingerprint density at radius 3 is 2.76 bits per heavy atom. The molecule has 25 heavy (non-hydrogen) atoms. The molecule has 0 bridgehead atoms. The van der Waals surface area contributed by atoms with Gasteiger partial charge in [0, 0.05) is 5.56 Å². The van der Waals surface area contributed by atoms with Crippen LogP contribution in [0.15, 0.2) is 59.7 Å². The van der Waals surface area contributed by atoms with Gasteiger partial charge in [0.2, 0.25) is 4.77 Å². The average Bonchev–Trinajstić information content (AvgIpc) is 3.00. The van der Waals surface area contributed by atoms with Crippen molar-refractivity contribution in [2.24, 2.45) is 11.0 Å². The van der Waals surface area contributed by atoms with Crippen LogP contribution in [0.5, 0.6) is 5.75 Å². The first kappa shape index (κ1) is 17.1. The van der Waals surface area contributed by atoms with Gasteiger partial charge in [-0.15, -0.1) is 0 Å². The molecule has 1 N–H and O–H groups in total. The van der Waals surface area contributed by atoms with E-state index in [-0.39, 0.29) is 0 Å². The Kier molecular flexibility index (Phi) is 5.40. The second-order valence-corrected chi connectivity index (χ2v) is 6.44. The lowest BCUT2D eigenvalue weighted by Crippen LogP contribution is -2.04. The maximum absolute atomic E-state index is 5.75. The molecular weight excluding hydrogens is 332 g/mol. The highest BCUT2D eigenvalue weighted by atomic mass is 32.1. The smallest absolute Gasteiger partial charge is 0.216 e. The third-order valence-electron chi connectivity index (χ3n) is 3.45. The number of aromatic nitrogens is 3. The van der Waals surface area contributed by atoms with Gasteiger partial charge in [0.15, 0.2) is 5.82 Å². The van der Waals surface area contributed by atoms with Gasteiger partial charge in [-0.25, -0.2) is 5.10 Å². The minimum absolute atomic E-state index is 0.447. The number of aromatic amines is 1. The lowest BCUT2D eigenvalue weighted by Gasteiger charge is -2.08. The fourth-order valence-corrected chi connectivity index (χ4v) is 2.42. The Morgan fingerprint density at radius 1 is 1.20 bits per heavy atom. The zero-order valence-corrected chi connectivity index (χ0v) is 15.0. The van der Waals surface area contributed by atoms with Crippen molar-refractivity contribution in [2.45, 2.75) is 13.8 Å². The van der Waals surface area contributed by atoms with Crippen molar-refractivity contribution in [1.82, 2.24) is 14.9 Å². The zero-order valence-electron chi connectivity index (χ0n) is 14.2. The second kappa shape index (κ2) is 7.90. The van der Waals surface area contributed by atoms with E-state index >= 15 is 0 Å². The van der Waals surface area contributed by atoms with Crippen LogP contribution in [0.2, 0.25) is 0 Å². The predicted molar refractivity (Wildman–Crippen MR) is 103 cm³/mol. The Labute approximate surface area is 152 Å². The first-order valence-corrected chi connectivity index (χ1v) is 8.54. The Balaban J connectivity index is 1.85. The largest absolute Gasteiger partial charge is 0.493 e. The quantitative estimate of drug-likeness (QED) is 0.524. The van der Waals surface area contributed by atoms with Crippen LogP contribution >= 0.6 is 12.2 Å². The van der Waals surface area contributed by atoms with E-state index in [9.17, 15) is 0 Å². The van der Waals surface area contributed by atoms with Gasteiger partial charge in [0.1, 0.15) is 5.75 Å². The van der Waals surface area contributed by atoms with E-state index in [0.29, 0.717) is 23.1 Å². The Morgan fingerprint density at radius 2 is 2.00 bits per heavy atom. The summed E-state index contributed by atoms with van der Waals surface area (Å²) in [5.41, 5.74) is 1.88. The van der Waals surface area contributed by atoms with Crippen LogP contribution in [-0.2, 0) is 0 Å². The predicted octanol–water partition coefficient (Wildman–Crippen LogP) is 4.52. The van der Waals surface area contributed by atoms with Crippen LogP contribution in [0.25, 0.3) is 11.4 Å². The number of ether oxygens (including phenoxy) is 1. The summed E-state index contributed by atoms with van der Waals surface area (Å²) in [6.45, 7) is 4.93. The molecule has 0 atom stereocenters. The lowest BCUT2D eigenvalue weighted by molar-refractivity contribution is 0.271. The summed E-state index contributed by atoms with van der Waals surface area (Å²) in [5.74, 6) is 1.99. The molecule has 128 valence electrons. The number of hydrogen-bond donors (Lipinski definition) is 1. The Hall–Kier alpha value is -2.73. The lowest BCUT2D eigenvalue weighted by atomic mass is 10.2. The normalized spacial score (nSPS) is 11.3. The number of benzene rings is 2. The first-order chi connectivity index (χ1) is 12.1. The molecule has 3 rings (SSSR count). The van der Waals surface area contributed by atoms with Gasteiger partial charge in [0.25, 0.3) is 0 Å². The summed E-state index contributed by atoms with van der Waals surface area (Å²) in [7, 11) is 0. The minimum Gasteiger partial charge on any atom is -0.493 e. The fourth-order valence-electron chi connectivity index (χ4n) is 2.24. The summed E-state index contributed by atoms with van der Waals surface area (Å²) in [6, 6.07) is 17.6. The molecule has 0 radical (unpaired) electrons. The first-order valence-electron chi connectivity index (χ1n) is 8.13. The standard InChI is InChI=1S/C19H20N4OS/c1-14(2)13-24-17-10-6-7-15(11-17)12-20-23-18(21-22-19(23)25)16-8-4-3-5-9-16/h3-12,14H,13H2,1-2H3,(H,22,25)/b20-12-. The highest BCUT2D eigenvalue weighted by Gasteiger charge is 2.07. The van der Waals surface area contributed by atoms with Crippen molar-refractivity contribution >= 4 is 18.4 Å². The van der Waals surface area contributed by atoms with Gasteiger partial charge in [-0.05, 0) is 35.8 Å². The maximum Gasteiger partial charge on any atom is 0.216 e. The van der Waals surface area contributed by atoms with Gasteiger partial charge in [-0.3, -0.25) is 0 Å². The van der Waals surface area contributed by atoms with Crippen molar-refractivity contribution < 1.29 is 4.74 Å². The zero-order chi connectivity index (χ0) is 17.6. The molecule has 0 saturated carbocycles. The van der Waals surface area contributed by atoms with Crippen molar-refractivity contribution in [3.8, 4) is 17.1 Å². The number of rotatable bonds is 6. The number of hydrogen-bond acceptors (Lipinski definition) is 4. The Bertz CT molecular complexity index is 912. The molecule has 0 spiro atoms. The summed E-state index contributed by atoms with van der Waals surface area (Å²) >= 11 is 5.29. The summed E-state index contributed by atoms with van der Waals surface area (Å²) in [6.07, 6.45) is 1.75. The van der Waals surface area contributed by atoms with Gasteiger partial charge < -0.3 is 4.74 Å². The number of H-pyrrole nitrogens is 1. The highest BCUT2D eigenvalue weighted by Crippen LogP contribution is 2.17. The molecule has 5 nitrogen and oxygen atoms in total. The molecule has 0 fully saturated rings. The van der Waals surface area contributed by atoms with Crippen LogP contribution in [0, 0.1) is 10.7 Å². The molecule has 1 aromatic heterocycles. The van der Waals surface area contributed by atoms with Crippen molar-refractivity contribution in [1.29, 1.82) is 0 Å². The monoisotopic (exact) mass is 352 g/mol. The molecule has 6 heteroatoms. The maximum atomic E-state index is 5.75. The third kappa shape index (κ3) is 4.42. The molecule has 2 aromatic carbocycles. The number of nitrogens with one attached hydrogen (secondary N) is 1. The van der Waals surface area contributed by atoms with E-state index < -0.39 is 0 Å². The van der Waals surface area contributed by atoms with Gasteiger partial charge in [0.05, 0.1) is 12.8 Å². The van der Waals surface area contributed by atoms with Gasteiger partial charge >= 0.3 is 0 Å². The van der Waals surface area contributed by atoms with E-state index in [2.05, 4.69) is 29.1 Å². The van der Waals surface area contributed by atoms with Crippen molar-refractivity contribution in [2.75, 3.05) is 6.61 Å². The van der Waals surface area contributed by atoms with E-state index in [0.717, 1.165) is 16.9 Å². The molecule has 0 amide bonds. The van der Waals surface area contributed by atoms with Crippen LogP contribution in [0.1, 0.15) is 19.4 Å². The molecule has 0 aliphatic carbocycles. The van der Waals surface area contributed by atoms with Crippen LogP contribution in [-0.4, -0.2) is 27.7 Å². The third-order valence-corrected chi connectivity index (χ3v) is 3.71. The van der Waals surface area contributed by atoms with Crippen LogP contribution < -0.4 is 4.74 Å². The summed E-state index contributed by atoms with van der Waals surface area (Å²) in [5, 5.41) is 11.6. The van der Waals surface area contributed by atoms with Crippen LogP contribution in [0.4, 0.5) is 0 Å². The van der Waals surface area contributed by atoms with E-state index in [1.807, 2.05) is 54.6 Å². The van der Waals surface area contributed by atoms with E-state index in [1.54, 1.807) is 10.9 Å². The topological polar surface area (TPSA) is 55.2 Å². The van der Waals surface area contributed by atoms with Gasteiger partial charge in [-0.1, -0.05) is 56.3 Å². The van der Waals surface area contributed by atoms with Gasteiger partial charge in [-0.2, -0.15) is 14.9 Å². The highest BCUT2D eigenvalue weighted by molar-refractivity contribution is 7.71. The molecule has 0 saturated heterocycles. The van der Waals surface area contributed by atoms with Crippen molar-refractivity contribution in [3.63, 3.8) is 0 Å². The molecule has 0 unspecified atom stereocenters. The van der Waals surface area contributed by atoms with Crippen LogP contribution in [0.3, 0.4) is 0 Å². The minimum atomic E-state index is 0.447. The van der Waals surface area contributed by atoms with E-state index in [4.69, 9.17) is 17.0 Å². The second-order valence-electron chi connectivity index (χ2n) is 6.05. The molecule has 0 aliphatic rings. The SMILES string of the molecule is CC(C)COc1cccc(/C=N\n2c(-c3ccccc3)n[nH]c2=S)c1.